The minimum absolute atomic E-state index is 0.0669. The fourth-order valence-electron chi connectivity index (χ4n) is 2.47. The zero-order chi connectivity index (χ0) is 17.6. The number of hydrogen-bond donors (Lipinski definition) is 2. The van der Waals surface area contributed by atoms with E-state index in [-0.39, 0.29) is 12.3 Å². The molecule has 3 aromatic rings. The molecule has 0 fully saturated rings. The lowest BCUT2D eigenvalue weighted by Crippen LogP contribution is -2.16. The van der Waals surface area contributed by atoms with Crippen molar-refractivity contribution >= 4 is 33.9 Å². The van der Waals surface area contributed by atoms with Crippen molar-refractivity contribution in [3.63, 3.8) is 0 Å². The standard InChI is InChI=1S/C19H20N4OS/c1-13(2)15-7-3-4-8-16(15)22-18(24)11-14-12-25-19(21-14)23-17-9-5-6-10-20-17/h3-10,12-13H,11H2,1-2H3,(H,22,24)(H,20,21,23). The molecular formula is C19H20N4OS. The highest BCUT2D eigenvalue weighted by atomic mass is 32.1. The Labute approximate surface area is 151 Å². The number of para-hydroxylation sites is 1. The van der Waals surface area contributed by atoms with E-state index in [0.29, 0.717) is 5.92 Å². The van der Waals surface area contributed by atoms with E-state index in [2.05, 4.69) is 34.4 Å². The van der Waals surface area contributed by atoms with E-state index in [1.807, 2.05) is 47.8 Å². The smallest absolute Gasteiger partial charge is 0.230 e. The van der Waals surface area contributed by atoms with Crippen LogP contribution in [0, 0.1) is 0 Å². The first-order chi connectivity index (χ1) is 12.1. The third kappa shape index (κ3) is 4.64. The van der Waals surface area contributed by atoms with E-state index in [0.717, 1.165) is 27.9 Å². The number of rotatable bonds is 6. The van der Waals surface area contributed by atoms with Crippen molar-refractivity contribution in [2.24, 2.45) is 0 Å². The van der Waals surface area contributed by atoms with Crippen molar-refractivity contribution in [3.8, 4) is 0 Å². The molecule has 2 heterocycles. The van der Waals surface area contributed by atoms with Gasteiger partial charge in [0.1, 0.15) is 5.82 Å². The van der Waals surface area contributed by atoms with Gasteiger partial charge in [0.05, 0.1) is 12.1 Å². The molecule has 0 saturated heterocycles. The third-order valence-corrected chi connectivity index (χ3v) is 4.46. The Balaban J connectivity index is 1.62. The first kappa shape index (κ1) is 17.1. The van der Waals surface area contributed by atoms with Crippen LogP contribution in [0.5, 0.6) is 0 Å². The summed E-state index contributed by atoms with van der Waals surface area (Å²) in [6.07, 6.45) is 1.96. The summed E-state index contributed by atoms with van der Waals surface area (Å²) in [5, 5.41) is 8.74. The van der Waals surface area contributed by atoms with Gasteiger partial charge in [-0.1, -0.05) is 38.1 Å². The van der Waals surface area contributed by atoms with E-state index in [1.54, 1.807) is 6.20 Å². The molecule has 0 saturated carbocycles. The van der Waals surface area contributed by atoms with Crippen molar-refractivity contribution in [2.75, 3.05) is 10.6 Å². The van der Waals surface area contributed by atoms with Gasteiger partial charge in [0.25, 0.3) is 0 Å². The number of aromatic nitrogens is 2. The number of carbonyl (C=O) groups excluding carboxylic acids is 1. The second-order valence-electron chi connectivity index (χ2n) is 5.95. The van der Waals surface area contributed by atoms with E-state index in [1.165, 1.54) is 11.3 Å². The SMILES string of the molecule is CC(C)c1ccccc1NC(=O)Cc1csc(Nc2ccccn2)n1. The summed E-state index contributed by atoms with van der Waals surface area (Å²) < 4.78 is 0. The van der Waals surface area contributed by atoms with Crippen LogP contribution >= 0.6 is 11.3 Å². The molecule has 0 aliphatic heterocycles. The normalized spacial score (nSPS) is 10.7. The lowest BCUT2D eigenvalue weighted by Gasteiger charge is -2.13. The number of amides is 1. The number of nitrogens with one attached hydrogen (secondary N) is 2. The number of anilines is 3. The Morgan fingerprint density at radius 1 is 1.16 bits per heavy atom. The van der Waals surface area contributed by atoms with Crippen LogP contribution in [-0.2, 0) is 11.2 Å². The van der Waals surface area contributed by atoms with Crippen LogP contribution in [0.4, 0.5) is 16.6 Å². The van der Waals surface area contributed by atoms with Gasteiger partial charge in [-0.15, -0.1) is 11.3 Å². The summed E-state index contributed by atoms with van der Waals surface area (Å²) in [6.45, 7) is 4.22. The zero-order valence-corrected chi connectivity index (χ0v) is 15.0. The number of pyridine rings is 1. The van der Waals surface area contributed by atoms with Crippen LogP contribution in [-0.4, -0.2) is 15.9 Å². The van der Waals surface area contributed by atoms with Gasteiger partial charge in [-0.2, -0.15) is 0 Å². The minimum Gasteiger partial charge on any atom is -0.325 e. The molecule has 6 heteroatoms. The zero-order valence-electron chi connectivity index (χ0n) is 14.2. The maximum Gasteiger partial charge on any atom is 0.230 e. The second-order valence-corrected chi connectivity index (χ2v) is 6.81. The van der Waals surface area contributed by atoms with Crippen LogP contribution in [0.1, 0.15) is 31.0 Å². The molecule has 0 unspecified atom stereocenters. The number of benzene rings is 1. The Kier molecular flexibility index (Phi) is 5.40. The fourth-order valence-corrected chi connectivity index (χ4v) is 3.18. The molecule has 0 aliphatic rings. The Hall–Kier alpha value is -2.73. The Bertz CT molecular complexity index is 845. The Morgan fingerprint density at radius 3 is 2.72 bits per heavy atom. The summed E-state index contributed by atoms with van der Waals surface area (Å²) in [4.78, 5) is 21.0. The lowest BCUT2D eigenvalue weighted by atomic mass is 10.0. The van der Waals surface area contributed by atoms with Crippen LogP contribution in [0.25, 0.3) is 0 Å². The van der Waals surface area contributed by atoms with Gasteiger partial charge >= 0.3 is 0 Å². The molecule has 0 spiro atoms. The van der Waals surface area contributed by atoms with Gasteiger partial charge in [0.15, 0.2) is 5.13 Å². The molecule has 0 bridgehead atoms. The molecule has 3 rings (SSSR count). The minimum atomic E-state index is -0.0669. The average Bonchev–Trinajstić information content (AvgIpc) is 3.02. The maximum atomic E-state index is 12.3. The van der Waals surface area contributed by atoms with Gasteiger partial charge < -0.3 is 10.6 Å². The molecule has 0 radical (unpaired) electrons. The van der Waals surface area contributed by atoms with E-state index in [4.69, 9.17) is 0 Å². The van der Waals surface area contributed by atoms with Crippen LogP contribution < -0.4 is 10.6 Å². The number of hydrogen-bond acceptors (Lipinski definition) is 5. The maximum absolute atomic E-state index is 12.3. The van der Waals surface area contributed by atoms with Crippen LogP contribution in [0.3, 0.4) is 0 Å². The van der Waals surface area contributed by atoms with Crippen molar-refractivity contribution in [1.82, 2.24) is 9.97 Å². The molecule has 2 N–H and O–H groups in total. The molecule has 25 heavy (non-hydrogen) atoms. The number of thiazole rings is 1. The predicted octanol–water partition coefficient (Wildman–Crippen LogP) is 4.59. The average molecular weight is 352 g/mol. The summed E-state index contributed by atoms with van der Waals surface area (Å²) in [5.41, 5.74) is 2.74. The van der Waals surface area contributed by atoms with Gasteiger partial charge in [-0.05, 0) is 29.7 Å². The quantitative estimate of drug-likeness (QED) is 0.681. The molecule has 1 amide bonds. The number of nitrogens with zero attached hydrogens (tertiary/aromatic N) is 2. The van der Waals surface area contributed by atoms with Gasteiger partial charge in [-0.25, -0.2) is 9.97 Å². The van der Waals surface area contributed by atoms with Crippen LogP contribution in [0.15, 0.2) is 54.0 Å². The highest BCUT2D eigenvalue weighted by Crippen LogP contribution is 2.24. The molecule has 0 aliphatic carbocycles. The molecule has 2 aromatic heterocycles. The van der Waals surface area contributed by atoms with E-state index >= 15 is 0 Å². The highest BCUT2D eigenvalue weighted by molar-refractivity contribution is 7.13. The van der Waals surface area contributed by atoms with Gasteiger partial charge in [0, 0.05) is 17.3 Å². The Morgan fingerprint density at radius 2 is 1.96 bits per heavy atom. The van der Waals surface area contributed by atoms with Crippen molar-refractivity contribution in [2.45, 2.75) is 26.2 Å². The molecule has 128 valence electrons. The third-order valence-electron chi connectivity index (χ3n) is 3.65. The van der Waals surface area contributed by atoms with Gasteiger partial charge in [-0.3, -0.25) is 4.79 Å². The monoisotopic (exact) mass is 352 g/mol. The van der Waals surface area contributed by atoms with E-state index < -0.39 is 0 Å². The molecule has 0 atom stereocenters. The van der Waals surface area contributed by atoms with Crippen LogP contribution in [0.2, 0.25) is 0 Å². The molecule has 5 nitrogen and oxygen atoms in total. The molecular weight excluding hydrogens is 332 g/mol. The van der Waals surface area contributed by atoms with Gasteiger partial charge in [0.2, 0.25) is 5.91 Å². The summed E-state index contributed by atoms with van der Waals surface area (Å²) in [6, 6.07) is 13.5. The predicted molar refractivity (Wildman–Crippen MR) is 102 cm³/mol. The van der Waals surface area contributed by atoms with Crippen molar-refractivity contribution < 1.29 is 4.79 Å². The van der Waals surface area contributed by atoms with Crippen molar-refractivity contribution in [3.05, 3.63) is 65.3 Å². The fraction of sp³-hybridized carbons (Fsp3) is 0.211. The summed E-state index contributed by atoms with van der Waals surface area (Å²) in [7, 11) is 0. The summed E-state index contributed by atoms with van der Waals surface area (Å²) >= 11 is 1.46. The lowest BCUT2D eigenvalue weighted by molar-refractivity contribution is -0.115. The number of carbonyl (C=O) groups is 1. The first-order valence-corrected chi connectivity index (χ1v) is 9.01. The first-order valence-electron chi connectivity index (χ1n) is 8.13. The molecule has 1 aromatic carbocycles. The van der Waals surface area contributed by atoms with E-state index in [9.17, 15) is 4.79 Å². The highest BCUT2D eigenvalue weighted by Gasteiger charge is 2.11. The largest absolute Gasteiger partial charge is 0.325 e. The second kappa shape index (κ2) is 7.90. The summed E-state index contributed by atoms with van der Waals surface area (Å²) in [5.74, 6) is 1.02. The van der Waals surface area contributed by atoms with Crippen molar-refractivity contribution in [1.29, 1.82) is 0 Å². The topological polar surface area (TPSA) is 66.9 Å².